The van der Waals surface area contributed by atoms with Gasteiger partial charge in [0.15, 0.2) is 5.69 Å². The van der Waals surface area contributed by atoms with E-state index in [0.717, 1.165) is 16.7 Å². The number of carboxylic acid groups (broad SMARTS) is 1. The van der Waals surface area contributed by atoms with Crippen molar-refractivity contribution in [1.82, 2.24) is 9.97 Å². The monoisotopic (exact) mass is 276 g/mol. The Morgan fingerprint density at radius 3 is 2.00 bits per heavy atom. The average molecular weight is 276 g/mol. The molecule has 0 aliphatic rings. The maximum absolute atomic E-state index is 11.2. The van der Waals surface area contributed by atoms with Gasteiger partial charge in [0.1, 0.15) is 5.69 Å². The third-order valence-corrected chi connectivity index (χ3v) is 3.17. The second-order valence-corrected chi connectivity index (χ2v) is 4.50. The average Bonchev–Trinajstić information content (AvgIpc) is 2.56. The lowest BCUT2D eigenvalue weighted by atomic mass is 10.0. The maximum atomic E-state index is 11.2. The van der Waals surface area contributed by atoms with Crippen molar-refractivity contribution in [3.63, 3.8) is 0 Å². The highest BCUT2D eigenvalue weighted by Gasteiger charge is 2.14. The van der Waals surface area contributed by atoms with Crippen LogP contribution >= 0.6 is 0 Å². The molecule has 21 heavy (non-hydrogen) atoms. The Hall–Kier alpha value is -3.01. The second-order valence-electron chi connectivity index (χ2n) is 4.50. The molecule has 1 heterocycles. The van der Waals surface area contributed by atoms with E-state index < -0.39 is 5.97 Å². The van der Waals surface area contributed by atoms with Crippen molar-refractivity contribution in [1.29, 1.82) is 0 Å². The van der Waals surface area contributed by atoms with E-state index in [1.54, 1.807) is 0 Å². The molecular formula is C17H12N2O2. The summed E-state index contributed by atoms with van der Waals surface area (Å²) in [7, 11) is 0. The van der Waals surface area contributed by atoms with Crippen molar-refractivity contribution in [2.75, 3.05) is 0 Å². The summed E-state index contributed by atoms with van der Waals surface area (Å²) in [5.74, 6) is -1.08. The normalized spacial score (nSPS) is 10.3. The minimum absolute atomic E-state index is 0.0371. The van der Waals surface area contributed by atoms with Gasteiger partial charge in [-0.25, -0.2) is 9.78 Å². The predicted molar refractivity (Wildman–Crippen MR) is 79.9 cm³/mol. The van der Waals surface area contributed by atoms with Crippen molar-refractivity contribution in [2.45, 2.75) is 0 Å². The quantitative estimate of drug-likeness (QED) is 0.795. The first kappa shape index (κ1) is 13.0. The zero-order chi connectivity index (χ0) is 14.7. The summed E-state index contributed by atoms with van der Waals surface area (Å²) in [5, 5.41) is 9.16. The molecule has 0 spiro atoms. The zero-order valence-corrected chi connectivity index (χ0v) is 11.1. The summed E-state index contributed by atoms with van der Waals surface area (Å²) >= 11 is 0. The molecule has 0 amide bonds. The van der Waals surface area contributed by atoms with Crippen molar-refractivity contribution in [3.05, 3.63) is 72.7 Å². The Kier molecular flexibility index (Phi) is 3.43. The van der Waals surface area contributed by atoms with Gasteiger partial charge in [-0.05, 0) is 11.1 Å². The van der Waals surface area contributed by atoms with Crippen LogP contribution in [-0.4, -0.2) is 21.0 Å². The smallest absolute Gasteiger partial charge is 0.356 e. The van der Waals surface area contributed by atoms with Crippen LogP contribution in [0.5, 0.6) is 0 Å². The number of rotatable bonds is 3. The number of hydrogen-bond acceptors (Lipinski definition) is 3. The van der Waals surface area contributed by atoms with E-state index in [9.17, 15) is 4.79 Å². The Morgan fingerprint density at radius 2 is 1.33 bits per heavy atom. The number of hydrogen-bond donors (Lipinski definition) is 1. The van der Waals surface area contributed by atoms with Crippen LogP contribution in [0.15, 0.2) is 67.0 Å². The fourth-order valence-corrected chi connectivity index (χ4v) is 2.16. The van der Waals surface area contributed by atoms with Crippen molar-refractivity contribution in [2.24, 2.45) is 0 Å². The van der Waals surface area contributed by atoms with E-state index in [-0.39, 0.29) is 5.69 Å². The van der Waals surface area contributed by atoms with Gasteiger partial charge in [0.25, 0.3) is 0 Å². The molecule has 0 aliphatic carbocycles. The van der Waals surface area contributed by atoms with E-state index in [4.69, 9.17) is 5.11 Å². The highest BCUT2D eigenvalue weighted by Crippen LogP contribution is 2.24. The number of nitrogens with zero attached hydrogens (tertiary/aromatic N) is 2. The molecule has 0 radical (unpaired) electrons. The number of aromatic carboxylic acids is 1. The molecule has 1 aromatic heterocycles. The number of aromatic nitrogens is 2. The summed E-state index contributed by atoms with van der Waals surface area (Å²) in [5.41, 5.74) is 3.26. The van der Waals surface area contributed by atoms with Gasteiger partial charge in [0.05, 0.1) is 0 Å². The number of carbonyl (C=O) groups is 1. The third-order valence-electron chi connectivity index (χ3n) is 3.17. The molecule has 0 unspecified atom stereocenters. The van der Waals surface area contributed by atoms with Gasteiger partial charge in [-0.15, -0.1) is 0 Å². The van der Waals surface area contributed by atoms with Crippen LogP contribution < -0.4 is 0 Å². The summed E-state index contributed by atoms with van der Waals surface area (Å²) in [6.45, 7) is 0. The van der Waals surface area contributed by atoms with E-state index in [1.165, 1.54) is 12.4 Å². The Balaban J connectivity index is 2.01. The van der Waals surface area contributed by atoms with Gasteiger partial charge in [-0.3, -0.25) is 4.98 Å². The minimum Gasteiger partial charge on any atom is -0.476 e. The van der Waals surface area contributed by atoms with Gasteiger partial charge >= 0.3 is 5.97 Å². The highest BCUT2D eigenvalue weighted by atomic mass is 16.4. The minimum atomic E-state index is -1.08. The van der Waals surface area contributed by atoms with Crippen LogP contribution in [-0.2, 0) is 0 Å². The predicted octanol–water partition coefficient (Wildman–Crippen LogP) is 3.51. The summed E-state index contributed by atoms with van der Waals surface area (Å²) in [4.78, 5) is 19.2. The SMILES string of the molecule is O=C(O)c1nccnc1-c1ccc(-c2ccccc2)cc1. The van der Waals surface area contributed by atoms with E-state index in [1.807, 2.05) is 54.6 Å². The molecule has 102 valence electrons. The molecule has 0 fully saturated rings. The van der Waals surface area contributed by atoms with E-state index >= 15 is 0 Å². The summed E-state index contributed by atoms with van der Waals surface area (Å²) in [6.07, 6.45) is 2.87. The molecule has 0 atom stereocenters. The molecular weight excluding hydrogens is 264 g/mol. The Morgan fingerprint density at radius 1 is 0.762 bits per heavy atom. The van der Waals surface area contributed by atoms with Gasteiger partial charge in [-0.1, -0.05) is 54.6 Å². The fourth-order valence-electron chi connectivity index (χ4n) is 2.16. The first-order valence-corrected chi connectivity index (χ1v) is 6.46. The highest BCUT2D eigenvalue weighted by molar-refractivity contribution is 5.92. The standard InChI is InChI=1S/C17H12N2O2/c20-17(21)16-15(18-10-11-19-16)14-8-6-13(7-9-14)12-4-2-1-3-5-12/h1-11H,(H,20,21). The third kappa shape index (κ3) is 2.65. The van der Waals surface area contributed by atoms with Crippen molar-refractivity contribution in [3.8, 4) is 22.4 Å². The van der Waals surface area contributed by atoms with E-state index in [2.05, 4.69) is 9.97 Å². The number of benzene rings is 2. The molecule has 3 rings (SSSR count). The van der Waals surface area contributed by atoms with Gasteiger partial charge in [0.2, 0.25) is 0 Å². The Labute approximate surface area is 121 Å². The zero-order valence-electron chi connectivity index (χ0n) is 11.1. The van der Waals surface area contributed by atoms with Crippen molar-refractivity contribution < 1.29 is 9.90 Å². The lowest BCUT2D eigenvalue weighted by Crippen LogP contribution is -2.04. The molecule has 1 N–H and O–H groups in total. The fraction of sp³-hybridized carbons (Fsp3) is 0. The first-order valence-electron chi connectivity index (χ1n) is 6.46. The van der Waals surface area contributed by atoms with Crippen LogP contribution in [0.1, 0.15) is 10.5 Å². The molecule has 4 heteroatoms. The molecule has 2 aromatic carbocycles. The first-order chi connectivity index (χ1) is 10.3. The second kappa shape index (κ2) is 5.54. The lowest BCUT2D eigenvalue weighted by molar-refractivity contribution is 0.0691. The molecule has 0 bridgehead atoms. The molecule has 0 saturated heterocycles. The van der Waals surface area contributed by atoms with Crippen molar-refractivity contribution >= 4 is 5.97 Å². The molecule has 0 aliphatic heterocycles. The topological polar surface area (TPSA) is 63.1 Å². The maximum Gasteiger partial charge on any atom is 0.356 e. The van der Waals surface area contributed by atoms with Crippen LogP contribution in [0, 0.1) is 0 Å². The van der Waals surface area contributed by atoms with Crippen LogP contribution in [0.25, 0.3) is 22.4 Å². The van der Waals surface area contributed by atoms with Gasteiger partial charge < -0.3 is 5.11 Å². The molecule has 0 saturated carbocycles. The largest absolute Gasteiger partial charge is 0.476 e. The van der Waals surface area contributed by atoms with Gasteiger partial charge in [-0.2, -0.15) is 0 Å². The van der Waals surface area contributed by atoms with Crippen LogP contribution in [0.4, 0.5) is 0 Å². The number of carboxylic acids is 1. The van der Waals surface area contributed by atoms with Gasteiger partial charge in [0, 0.05) is 18.0 Å². The molecule has 3 aromatic rings. The van der Waals surface area contributed by atoms with Crippen LogP contribution in [0.2, 0.25) is 0 Å². The summed E-state index contributed by atoms with van der Waals surface area (Å²) < 4.78 is 0. The Bertz CT molecular complexity index is 768. The molecule has 4 nitrogen and oxygen atoms in total. The van der Waals surface area contributed by atoms with Crippen LogP contribution in [0.3, 0.4) is 0 Å². The summed E-state index contributed by atoms with van der Waals surface area (Å²) in [6, 6.07) is 17.6. The lowest BCUT2D eigenvalue weighted by Gasteiger charge is -2.06. The van der Waals surface area contributed by atoms with E-state index in [0.29, 0.717) is 5.69 Å².